The summed E-state index contributed by atoms with van der Waals surface area (Å²) in [5.74, 6) is 0.235. The minimum absolute atomic E-state index is 0.180. The summed E-state index contributed by atoms with van der Waals surface area (Å²) in [4.78, 5) is 2.39. The highest BCUT2D eigenvalue weighted by Gasteiger charge is 2.36. The van der Waals surface area contributed by atoms with Gasteiger partial charge in [-0.1, -0.05) is 24.3 Å². The van der Waals surface area contributed by atoms with Gasteiger partial charge in [-0.25, -0.2) is 4.39 Å². The average molecular weight is 430 g/mol. The van der Waals surface area contributed by atoms with Gasteiger partial charge in [0.25, 0.3) is 0 Å². The Kier molecular flexibility index (Phi) is 4.94. The van der Waals surface area contributed by atoms with Gasteiger partial charge in [0.1, 0.15) is 11.6 Å². The van der Waals surface area contributed by atoms with Crippen LogP contribution >= 0.6 is 0 Å². The molecule has 0 aromatic heterocycles. The number of anilines is 2. The van der Waals surface area contributed by atoms with Crippen molar-refractivity contribution in [2.24, 2.45) is 5.73 Å². The third-order valence-electron chi connectivity index (χ3n) is 6.28. The van der Waals surface area contributed by atoms with Crippen LogP contribution in [0.1, 0.15) is 30.5 Å². The smallest absolute Gasteiger partial charge is 0.129 e. The summed E-state index contributed by atoms with van der Waals surface area (Å²) in [6.07, 6.45) is 3.13. The van der Waals surface area contributed by atoms with Gasteiger partial charge in [0.15, 0.2) is 0 Å². The molecule has 0 aliphatic carbocycles. The largest absolute Gasteiger partial charge is 0.496 e. The molecule has 0 atom stereocenters. The van der Waals surface area contributed by atoms with Crippen LogP contribution in [0.4, 0.5) is 15.8 Å². The van der Waals surface area contributed by atoms with Crippen molar-refractivity contribution in [2.45, 2.75) is 32.4 Å². The maximum Gasteiger partial charge on any atom is 0.129 e. The molecular weight excluding hydrogens is 401 g/mol. The second kappa shape index (κ2) is 7.68. The summed E-state index contributed by atoms with van der Waals surface area (Å²) in [6, 6.07) is 17.5. The summed E-state index contributed by atoms with van der Waals surface area (Å²) in [5, 5.41) is 3.66. The molecule has 2 aliphatic rings. The average Bonchev–Trinajstić information content (AvgIpc) is 3.14. The number of benzene rings is 3. The van der Waals surface area contributed by atoms with Gasteiger partial charge in [-0.15, -0.1) is 0 Å². The van der Waals surface area contributed by atoms with Gasteiger partial charge >= 0.3 is 0 Å². The predicted molar refractivity (Wildman–Crippen MR) is 129 cm³/mol. The summed E-state index contributed by atoms with van der Waals surface area (Å²) in [6.45, 7) is 5.70. The zero-order valence-corrected chi connectivity index (χ0v) is 18.7. The molecule has 0 fully saturated rings. The Morgan fingerprint density at radius 1 is 1.09 bits per heavy atom. The first-order chi connectivity index (χ1) is 15.4. The molecule has 4 nitrogen and oxygen atoms in total. The third-order valence-corrected chi connectivity index (χ3v) is 6.28. The number of nitrogens with zero attached hydrogens (tertiary/aromatic N) is 1. The van der Waals surface area contributed by atoms with Crippen LogP contribution in [0.5, 0.6) is 5.75 Å². The van der Waals surface area contributed by atoms with E-state index < -0.39 is 0 Å². The monoisotopic (exact) mass is 429 g/mol. The van der Waals surface area contributed by atoms with Crippen LogP contribution < -0.4 is 20.7 Å². The topological polar surface area (TPSA) is 50.5 Å². The molecule has 5 rings (SSSR count). The molecule has 0 radical (unpaired) electrons. The van der Waals surface area contributed by atoms with Gasteiger partial charge in [0.2, 0.25) is 0 Å². The normalized spacial score (nSPS) is 15.8. The van der Waals surface area contributed by atoms with Gasteiger partial charge < -0.3 is 20.7 Å². The van der Waals surface area contributed by atoms with Crippen LogP contribution in [0.15, 0.2) is 60.7 Å². The Morgan fingerprint density at radius 3 is 2.66 bits per heavy atom. The number of methoxy groups -OCH3 is 1. The molecule has 3 aromatic rings. The predicted octanol–water partition coefficient (Wildman–Crippen LogP) is 5.57. The first kappa shape index (κ1) is 20.6. The Balaban J connectivity index is 1.72. The van der Waals surface area contributed by atoms with E-state index in [1.54, 1.807) is 13.2 Å². The first-order valence-electron chi connectivity index (χ1n) is 11.0. The molecule has 3 aromatic carbocycles. The van der Waals surface area contributed by atoms with Gasteiger partial charge in [-0.05, 0) is 73.8 Å². The number of nitrogens with two attached hydrogens (primary N) is 1. The number of para-hydroxylation sites is 1. The molecule has 0 unspecified atom stereocenters. The van der Waals surface area contributed by atoms with Crippen LogP contribution in [-0.2, 0) is 13.0 Å². The lowest BCUT2D eigenvalue weighted by molar-refractivity contribution is 0.413. The Morgan fingerprint density at radius 2 is 1.88 bits per heavy atom. The van der Waals surface area contributed by atoms with Gasteiger partial charge in [-0.3, -0.25) is 0 Å². The van der Waals surface area contributed by atoms with Crippen molar-refractivity contribution < 1.29 is 9.13 Å². The molecule has 0 amide bonds. The van der Waals surface area contributed by atoms with Crippen molar-refractivity contribution in [3.05, 3.63) is 83.2 Å². The highest BCUT2D eigenvalue weighted by Crippen LogP contribution is 2.50. The maximum absolute atomic E-state index is 13.9. The molecule has 32 heavy (non-hydrogen) atoms. The maximum atomic E-state index is 13.9. The molecule has 2 heterocycles. The molecular formula is C27H28FN3O. The van der Waals surface area contributed by atoms with Crippen LogP contribution in [0.3, 0.4) is 0 Å². The van der Waals surface area contributed by atoms with E-state index in [2.05, 4.69) is 66.5 Å². The first-order valence-corrected chi connectivity index (χ1v) is 11.0. The van der Waals surface area contributed by atoms with Gasteiger partial charge in [0.05, 0.1) is 12.6 Å². The lowest BCUT2D eigenvalue weighted by atomic mass is 9.89. The quantitative estimate of drug-likeness (QED) is 0.557. The Hall–Kier alpha value is -3.31. The summed E-state index contributed by atoms with van der Waals surface area (Å²) in [5.41, 5.74) is 14.8. The fraction of sp³-hybridized carbons (Fsp3) is 0.259. The van der Waals surface area contributed by atoms with Crippen molar-refractivity contribution in [1.82, 2.24) is 0 Å². The van der Waals surface area contributed by atoms with E-state index in [1.807, 2.05) is 0 Å². The zero-order valence-electron chi connectivity index (χ0n) is 18.7. The molecule has 0 spiro atoms. The minimum atomic E-state index is -0.304. The molecule has 5 heteroatoms. The van der Waals surface area contributed by atoms with E-state index in [4.69, 9.17) is 10.5 Å². The molecule has 2 aliphatic heterocycles. The number of halogens is 1. The highest BCUT2D eigenvalue weighted by atomic mass is 19.1. The van der Waals surface area contributed by atoms with Crippen molar-refractivity contribution in [2.75, 3.05) is 23.9 Å². The van der Waals surface area contributed by atoms with E-state index >= 15 is 0 Å². The SMILES string of the molecule is COc1cc(F)ccc1-c1ccc2c3c1CN(c1ccccc1CCN)C3=CC(C)(C)N2. The van der Waals surface area contributed by atoms with Crippen molar-refractivity contribution in [1.29, 1.82) is 0 Å². The second-order valence-corrected chi connectivity index (χ2v) is 8.99. The second-order valence-electron chi connectivity index (χ2n) is 8.99. The van der Waals surface area contributed by atoms with Crippen LogP contribution in [0.2, 0.25) is 0 Å². The summed E-state index contributed by atoms with van der Waals surface area (Å²) in [7, 11) is 1.58. The molecule has 0 saturated heterocycles. The summed E-state index contributed by atoms with van der Waals surface area (Å²) < 4.78 is 19.4. The van der Waals surface area contributed by atoms with E-state index in [1.165, 1.54) is 40.2 Å². The van der Waals surface area contributed by atoms with Crippen LogP contribution in [-0.4, -0.2) is 19.2 Å². The molecule has 164 valence electrons. The van der Waals surface area contributed by atoms with Crippen molar-refractivity contribution >= 4 is 17.1 Å². The standard InChI is InChI=1S/C27H28FN3O/c1-27(2)15-24-26-21(16-31(24)23-7-5-4-6-17(23)12-13-29)19(10-11-22(26)30-27)20-9-8-18(28)14-25(20)32-3/h4-11,14-15,30H,12-13,16,29H2,1-3H3. The van der Waals surface area contributed by atoms with Crippen LogP contribution in [0, 0.1) is 5.82 Å². The molecule has 3 N–H and O–H groups in total. The number of hydrogen-bond acceptors (Lipinski definition) is 4. The van der Waals surface area contributed by atoms with Crippen LogP contribution in [0.25, 0.3) is 16.8 Å². The van der Waals surface area contributed by atoms with E-state index in [0.717, 1.165) is 29.8 Å². The zero-order chi connectivity index (χ0) is 22.5. The number of nitrogens with one attached hydrogen (secondary N) is 1. The summed E-state index contributed by atoms with van der Waals surface area (Å²) >= 11 is 0. The van der Waals surface area contributed by atoms with E-state index in [-0.39, 0.29) is 11.4 Å². The van der Waals surface area contributed by atoms with E-state index in [9.17, 15) is 4.39 Å². The lowest BCUT2D eigenvalue weighted by Crippen LogP contribution is -2.33. The molecule has 0 bridgehead atoms. The third kappa shape index (κ3) is 3.33. The fourth-order valence-electron chi connectivity index (χ4n) is 4.96. The highest BCUT2D eigenvalue weighted by molar-refractivity contribution is 5.97. The number of rotatable bonds is 5. The number of ether oxygens (including phenoxy) is 1. The Labute approximate surface area is 188 Å². The Bertz CT molecular complexity index is 1230. The fourth-order valence-corrected chi connectivity index (χ4v) is 4.96. The van der Waals surface area contributed by atoms with Crippen molar-refractivity contribution in [3.8, 4) is 16.9 Å². The molecule has 0 saturated carbocycles. The van der Waals surface area contributed by atoms with Crippen molar-refractivity contribution in [3.63, 3.8) is 0 Å². The number of hydrogen-bond donors (Lipinski definition) is 2. The lowest BCUT2D eigenvalue weighted by Gasteiger charge is -2.34. The minimum Gasteiger partial charge on any atom is -0.496 e. The van der Waals surface area contributed by atoms with Gasteiger partial charge in [-0.2, -0.15) is 0 Å². The van der Waals surface area contributed by atoms with E-state index in [0.29, 0.717) is 12.3 Å². The van der Waals surface area contributed by atoms with Gasteiger partial charge in [0, 0.05) is 40.8 Å².